The number of rotatable bonds is 7. The summed E-state index contributed by atoms with van der Waals surface area (Å²) in [6.07, 6.45) is 1.50. The highest BCUT2D eigenvalue weighted by atomic mass is 19.2. The molecule has 6 nitrogen and oxygen atoms in total. The Bertz CT molecular complexity index is 1320. The molecule has 2 aromatic carbocycles. The maximum atomic E-state index is 15.2. The molecule has 2 aliphatic rings. The van der Waals surface area contributed by atoms with E-state index < -0.39 is 40.8 Å². The summed E-state index contributed by atoms with van der Waals surface area (Å²) in [4.78, 5) is 28.3. The molecule has 1 N–H and O–H groups in total. The van der Waals surface area contributed by atoms with E-state index in [0.29, 0.717) is 17.5 Å². The van der Waals surface area contributed by atoms with Crippen LogP contribution in [0.3, 0.4) is 0 Å². The summed E-state index contributed by atoms with van der Waals surface area (Å²) in [7, 11) is 0. The standard InChI is InChI=1S/C33H44F2N2O4/c1-10-17-37-31(4,5)19-25(33(37,8)9)41-28(38)21-13-11-20(12-14-21)22-15-16-23(27(35)26(22)34)29(39)40-24-18-30(2,3)36-32(24,6)7/h11-16,24-25,36H,10,17-19H2,1-9H3. The fourth-order valence-corrected chi connectivity index (χ4v) is 6.79. The largest absolute Gasteiger partial charge is 0.457 e. The van der Waals surface area contributed by atoms with Crippen LogP contribution in [0.5, 0.6) is 0 Å². The van der Waals surface area contributed by atoms with Gasteiger partial charge in [-0.15, -0.1) is 0 Å². The molecule has 41 heavy (non-hydrogen) atoms. The second-order valence-electron chi connectivity index (χ2n) is 13.9. The zero-order valence-electron chi connectivity index (χ0n) is 25.8. The average molecular weight is 571 g/mol. The summed E-state index contributed by atoms with van der Waals surface area (Å²) in [5.74, 6) is -3.77. The maximum absolute atomic E-state index is 15.2. The lowest BCUT2D eigenvalue weighted by molar-refractivity contribution is -0.00533. The summed E-state index contributed by atoms with van der Waals surface area (Å²) in [5.41, 5.74) is -0.947. The first-order valence-corrected chi connectivity index (χ1v) is 14.5. The highest BCUT2D eigenvalue weighted by molar-refractivity contribution is 5.92. The van der Waals surface area contributed by atoms with Gasteiger partial charge in [0.05, 0.1) is 22.2 Å². The van der Waals surface area contributed by atoms with E-state index in [0.717, 1.165) is 19.4 Å². The molecule has 224 valence electrons. The molecule has 2 aromatic rings. The Morgan fingerprint density at radius 3 is 2.02 bits per heavy atom. The van der Waals surface area contributed by atoms with Gasteiger partial charge in [-0.2, -0.15) is 0 Å². The normalized spacial score (nSPS) is 24.3. The molecular weight excluding hydrogens is 526 g/mol. The number of ether oxygens (including phenoxy) is 2. The van der Waals surface area contributed by atoms with E-state index in [1.165, 1.54) is 12.1 Å². The van der Waals surface area contributed by atoms with Crippen LogP contribution in [-0.4, -0.2) is 57.7 Å². The lowest BCUT2D eigenvalue weighted by Gasteiger charge is -2.40. The van der Waals surface area contributed by atoms with Crippen molar-refractivity contribution in [3.8, 4) is 11.1 Å². The molecule has 0 radical (unpaired) electrons. The second-order valence-corrected chi connectivity index (χ2v) is 13.9. The van der Waals surface area contributed by atoms with Crippen LogP contribution in [0.2, 0.25) is 0 Å². The molecular formula is C33H44F2N2O4. The van der Waals surface area contributed by atoms with Crippen molar-refractivity contribution >= 4 is 11.9 Å². The van der Waals surface area contributed by atoms with Crippen molar-refractivity contribution in [2.24, 2.45) is 0 Å². The molecule has 8 heteroatoms. The minimum absolute atomic E-state index is 0.0168. The molecule has 0 spiro atoms. The first kappa shape index (κ1) is 31.1. The predicted octanol–water partition coefficient (Wildman–Crippen LogP) is 6.91. The van der Waals surface area contributed by atoms with Crippen molar-refractivity contribution in [2.45, 2.75) is 116 Å². The Kier molecular flexibility index (Phi) is 8.17. The molecule has 0 saturated carbocycles. The highest BCUT2D eigenvalue weighted by Gasteiger charge is 2.53. The first-order valence-electron chi connectivity index (χ1n) is 14.5. The van der Waals surface area contributed by atoms with Gasteiger partial charge in [0.1, 0.15) is 12.2 Å². The number of nitrogens with one attached hydrogen (secondary N) is 1. The van der Waals surface area contributed by atoms with Gasteiger partial charge < -0.3 is 14.8 Å². The molecule has 2 aliphatic heterocycles. The SMILES string of the molecule is CCCN1C(C)(C)CC(OC(=O)c2ccc(-c3ccc(C(=O)OC4CC(C)(C)NC4(C)C)c(F)c3F)cc2)C1(C)C. The van der Waals surface area contributed by atoms with Gasteiger partial charge in [0.25, 0.3) is 0 Å². The minimum Gasteiger partial charge on any atom is -0.457 e. The van der Waals surface area contributed by atoms with Gasteiger partial charge in [0.15, 0.2) is 11.6 Å². The average Bonchev–Trinajstić information content (AvgIpc) is 3.18. The van der Waals surface area contributed by atoms with Gasteiger partial charge in [0.2, 0.25) is 0 Å². The zero-order valence-corrected chi connectivity index (χ0v) is 25.8. The smallest absolute Gasteiger partial charge is 0.341 e. The van der Waals surface area contributed by atoms with Crippen molar-refractivity contribution < 1.29 is 27.8 Å². The quantitative estimate of drug-likeness (QED) is 0.365. The van der Waals surface area contributed by atoms with Crippen molar-refractivity contribution in [3.05, 3.63) is 59.2 Å². The monoisotopic (exact) mass is 570 g/mol. The number of esters is 2. The van der Waals surface area contributed by atoms with Gasteiger partial charge >= 0.3 is 11.9 Å². The number of hydrogen-bond acceptors (Lipinski definition) is 6. The fourth-order valence-electron chi connectivity index (χ4n) is 6.79. The molecule has 0 amide bonds. The van der Waals surface area contributed by atoms with Crippen molar-refractivity contribution in [3.63, 3.8) is 0 Å². The van der Waals surface area contributed by atoms with E-state index in [2.05, 4.69) is 44.8 Å². The van der Waals surface area contributed by atoms with Crippen LogP contribution in [0.25, 0.3) is 11.1 Å². The maximum Gasteiger partial charge on any atom is 0.341 e. The Morgan fingerprint density at radius 2 is 1.46 bits per heavy atom. The molecule has 2 saturated heterocycles. The lowest BCUT2D eigenvalue weighted by Crippen LogP contribution is -2.51. The number of hydrogen-bond donors (Lipinski definition) is 1. The number of likely N-dealkylation sites (tertiary alicyclic amines) is 1. The van der Waals surface area contributed by atoms with Gasteiger partial charge in [-0.1, -0.05) is 25.1 Å². The number of benzene rings is 2. The molecule has 2 heterocycles. The summed E-state index contributed by atoms with van der Waals surface area (Å²) < 4.78 is 41.9. The number of carbonyl (C=O) groups is 2. The third kappa shape index (κ3) is 6.05. The Morgan fingerprint density at radius 1 is 0.854 bits per heavy atom. The lowest BCUT2D eigenvalue weighted by atomic mass is 9.96. The van der Waals surface area contributed by atoms with Crippen LogP contribution < -0.4 is 5.32 Å². The van der Waals surface area contributed by atoms with Gasteiger partial charge in [-0.05, 0) is 92.1 Å². The van der Waals surface area contributed by atoms with Crippen LogP contribution in [0, 0.1) is 11.6 Å². The van der Waals surface area contributed by atoms with Gasteiger partial charge in [-0.25, -0.2) is 18.4 Å². The van der Waals surface area contributed by atoms with E-state index in [4.69, 9.17) is 9.47 Å². The van der Waals surface area contributed by atoms with E-state index in [-0.39, 0.29) is 28.3 Å². The van der Waals surface area contributed by atoms with E-state index in [9.17, 15) is 9.59 Å². The first-order chi connectivity index (χ1) is 18.9. The summed E-state index contributed by atoms with van der Waals surface area (Å²) >= 11 is 0. The molecule has 2 atom stereocenters. The third-order valence-corrected chi connectivity index (χ3v) is 8.74. The van der Waals surface area contributed by atoms with Gasteiger partial charge in [0, 0.05) is 29.5 Å². The Labute approximate surface area is 242 Å². The third-order valence-electron chi connectivity index (χ3n) is 8.74. The number of nitrogens with zero attached hydrogens (tertiary/aromatic N) is 1. The minimum atomic E-state index is -1.26. The van der Waals surface area contributed by atoms with Crippen molar-refractivity contribution in [1.29, 1.82) is 0 Å². The van der Waals surface area contributed by atoms with Crippen LogP contribution in [-0.2, 0) is 9.47 Å². The molecule has 0 aliphatic carbocycles. The van der Waals surface area contributed by atoms with Crippen LogP contribution >= 0.6 is 0 Å². The van der Waals surface area contributed by atoms with E-state index >= 15 is 8.78 Å². The fraction of sp³-hybridized carbons (Fsp3) is 0.576. The topological polar surface area (TPSA) is 67.9 Å². The van der Waals surface area contributed by atoms with E-state index in [1.807, 2.05) is 27.7 Å². The number of carbonyl (C=O) groups excluding carboxylic acids is 2. The zero-order chi connectivity index (χ0) is 30.5. The molecule has 2 fully saturated rings. The summed E-state index contributed by atoms with van der Waals surface area (Å²) in [6, 6.07) is 8.79. The Hall–Kier alpha value is -2.84. The molecule has 2 unspecified atom stereocenters. The Balaban J connectivity index is 1.48. The molecule has 4 rings (SSSR count). The van der Waals surface area contributed by atoms with Crippen LogP contribution in [0.4, 0.5) is 8.78 Å². The predicted molar refractivity (Wildman–Crippen MR) is 156 cm³/mol. The van der Waals surface area contributed by atoms with Gasteiger partial charge in [-0.3, -0.25) is 4.90 Å². The summed E-state index contributed by atoms with van der Waals surface area (Å²) in [5, 5.41) is 3.40. The van der Waals surface area contributed by atoms with Crippen LogP contribution in [0.15, 0.2) is 36.4 Å². The number of halogens is 2. The van der Waals surface area contributed by atoms with Crippen molar-refractivity contribution in [1.82, 2.24) is 10.2 Å². The van der Waals surface area contributed by atoms with Crippen molar-refractivity contribution in [2.75, 3.05) is 6.54 Å². The molecule has 0 aromatic heterocycles. The van der Waals surface area contributed by atoms with E-state index in [1.54, 1.807) is 24.3 Å². The second kappa shape index (κ2) is 10.8. The van der Waals surface area contributed by atoms with Crippen LogP contribution in [0.1, 0.15) is 102 Å². The highest BCUT2D eigenvalue weighted by Crippen LogP contribution is 2.43. The molecule has 0 bridgehead atoms. The summed E-state index contributed by atoms with van der Waals surface area (Å²) in [6.45, 7) is 19.4.